The van der Waals surface area contributed by atoms with Gasteiger partial charge in [-0.15, -0.1) is 0 Å². The number of benzene rings is 3. The van der Waals surface area contributed by atoms with Crippen LogP contribution in [0, 0.1) is 10.1 Å². The van der Waals surface area contributed by atoms with Crippen LogP contribution in [0.1, 0.15) is 20.7 Å². The molecule has 9 nitrogen and oxygen atoms in total. The number of thiazole rings is 1. The molecule has 0 unspecified atom stereocenters. The first-order valence-corrected chi connectivity index (χ1v) is 9.97. The van der Waals surface area contributed by atoms with Crippen molar-refractivity contribution >= 4 is 60.9 Å². The molecule has 0 fully saturated rings. The van der Waals surface area contributed by atoms with Crippen LogP contribution in [0.3, 0.4) is 0 Å². The zero-order chi connectivity index (χ0) is 21.7. The molecule has 152 valence electrons. The van der Waals surface area contributed by atoms with Gasteiger partial charge in [-0.1, -0.05) is 47.7 Å². The van der Waals surface area contributed by atoms with Crippen LogP contribution in [0.25, 0.3) is 21.0 Å². The number of hydrogen-bond donors (Lipinski definition) is 1. The maximum Gasteiger partial charge on any atom is 0.282 e. The molecule has 0 spiro atoms. The summed E-state index contributed by atoms with van der Waals surface area (Å²) in [5, 5.41) is 16.1. The van der Waals surface area contributed by atoms with Crippen LogP contribution in [0.5, 0.6) is 0 Å². The van der Waals surface area contributed by atoms with Crippen molar-refractivity contribution in [2.75, 3.05) is 11.9 Å². The molecule has 0 bridgehead atoms. The fourth-order valence-corrected chi connectivity index (χ4v) is 4.53. The van der Waals surface area contributed by atoms with E-state index in [0.717, 1.165) is 27.1 Å². The third-order valence-electron chi connectivity index (χ3n) is 5.01. The van der Waals surface area contributed by atoms with E-state index in [-0.39, 0.29) is 11.1 Å². The van der Waals surface area contributed by atoms with E-state index in [1.165, 1.54) is 23.5 Å². The van der Waals surface area contributed by atoms with E-state index in [4.69, 9.17) is 0 Å². The van der Waals surface area contributed by atoms with Crippen LogP contribution < -0.4 is 5.32 Å². The number of nitro benzene ring substituents is 1. The Hall–Kier alpha value is -4.18. The zero-order valence-corrected chi connectivity index (χ0v) is 16.5. The smallest absolute Gasteiger partial charge is 0.282 e. The number of carbonyl (C=O) groups excluding carboxylic acids is 3. The summed E-state index contributed by atoms with van der Waals surface area (Å²) in [6, 6.07) is 15.4. The normalized spacial score (nSPS) is 13.1. The van der Waals surface area contributed by atoms with E-state index in [1.807, 2.05) is 36.4 Å². The van der Waals surface area contributed by atoms with Gasteiger partial charge in [0, 0.05) is 11.5 Å². The Labute approximate surface area is 178 Å². The second-order valence-electron chi connectivity index (χ2n) is 6.85. The lowest BCUT2D eigenvalue weighted by molar-refractivity contribution is -0.385. The number of fused-ring (bicyclic) bond motifs is 4. The number of aromatic nitrogens is 1. The van der Waals surface area contributed by atoms with Gasteiger partial charge in [0.25, 0.3) is 17.5 Å². The van der Waals surface area contributed by atoms with Crippen molar-refractivity contribution in [3.63, 3.8) is 0 Å². The number of carbonyl (C=O) groups is 3. The lowest BCUT2D eigenvalue weighted by atomic mass is 10.1. The Balaban J connectivity index is 1.39. The number of imide groups is 1. The Bertz CT molecular complexity index is 1440. The number of rotatable bonds is 4. The van der Waals surface area contributed by atoms with E-state index in [2.05, 4.69) is 10.3 Å². The zero-order valence-electron chi connectivity index (χ0n) is 15.7. The number of amides is 3. The van der Waals surface area contributed by atoms with E-state index in [1.54, 1.807) is 0 Å². The summed E-state index contributed by atoms with van der Waals surface area (Å²) in [5.41, 5.74) is -0.0956. The SMILES string of the molecule is O=C(CN1C(=O)c2cccc([N+](=O)[O-])c2C1=O)Nc1nc2c(ccc3ccccc32)s1. The first kappa shape index (κ1) is 18.8. The highest BCUT2D eigenvalue weighted by molar-refractivity contribution is 7.22. The number of nitro groups is 1. The van der Waals surface area contributed by atoms with Crippen LogP contribution in [0.4, 0.5) is 10.8 Å². The molecule has 0 saturated heterocycles. The largest absolute Gasteiger partial charge is 0.300 e. The monoisotopic (exact) mass is 432 g/mol. The van der Waals surface area contributed by atoms with E-state index in [9.17, 15) is 24.5 Å². The van der Waals surface area contributed by atoms with Gasteiger partial charge in [0.05, 0.1) is 20.7 Å². The minimum Gasteiger partial charge on any atom is -0.300 e. The van der Waals surface area contributed by atoms with E-state index >= 15 is 0 Å². The van der Waals surface area contributed by atoms with Crippen molar-refractivity contribution in [3.8, 4) is 0 Å². The second kappa shape index (κ2) is 6.96. The van der Waals surface area contributed by atoms with Crippen LogP contribution >= 0.6 is 11.3 Å². The van der Waals surface area contributed by atoms with Gasteiger partial charge in [0.2, 0.25) is 5.91 Å². The summed E-state index contributed by atoms with van der Waals surface area (Å²) in [6.45, 7) is -0.569. The van der Waals surface area contributed by atoms with Crippen molar-refractivity contribution in [1.82, 2.24) is 9.88 Å². The number of hydrogen-bond acceptors (Lipinski definition) is 7. The van der Waals surface area contributed by atoms with Crippen molar-refractivity contribution in [2.24, 2.45) is 0 Å². The molecule has 0 atom stereocenters. The summed E-state index contributed by atoms with van der Waals surface area (Å²) in [6.07, 6.45) is 0. The summed E-state index contributed by atoms with van der Waals surface area (Å²) < 4.78 is 0.880. The first-order valence-electron chi connectivity index (χ1n) is 9.16. The van der Waals surface area contributed by atoms with Crippen molar-refractivity contribution in [3.05, 3.63) is 75.8 Å². The molecule has 4 aromatic rings. The van der Waals surface area contributed by atoms with Gasteiger partial charge in [-0.05, 0) is 17.5 Å². The lowest BCUT2D eigenvalue weighted by Gasteiger charge is -2.12. The quantitative estimate of drug-likeness (QED) is 0.299. The van der Waals surface area contributed by atoms with Gasteiger partial charge in [-0.3, -0.25) is 29.4 Å². The van der Waals surface area contributed by atoms with Crippen molar-refractivity contribution < 1.29 is 19.3 Å². The molecule has 1 aliphatic heterocycles. The third kappa shape index (κ3) is 3.01. The molecule has 1 aliphatic rings. The van der Waals surface area contributed by atoms with Crippen LogP contribution in [0.2, 0.25) is 0 Å². The van der Waals surface area contributed by atoms with E-state index < -0.39 is 34.9 Å². The molecule has 10 heteroatoms. The highest BCUT2D eigenvalue weighted by atomic mass is 32.1. The molecule has 3 amide bonds. The predicted octanol–water partition coefficient (Wildman–Crippen LogP) is 3.59. The Morgan fingerprint density at radius 3 is 2.68 bits per heavy atom. The summed E-state index contributed by atoms with van der Waals surface area (Å²) in [4.78, 5) is 53.4. The molecule has 1 N–H and O–H groups in total. The third-order valence-corrected chi connectivity index (χ3v) is 5.94. The second-order valence-corrected chi connectivity index (χ2v) is 7.88. The molecule has 0 saturated carbocycles. The molecule has 3 aromatic carbocycles. The highest BCUT2D eigenvalue weighted by Gasteiger charge is 2.41. The minimum atomic E-state index is -0.863. The number of nitrogens with zero attached hydrogens (tertiary/aromatic N) is 3. The van der Waals surface area contributed by atoms with Gasteiger partial charge < -0.3 is 5.32 Å². The fraction of sp³-hybridized carbons (Fsp3) is 0.0476. The van der Waals surface area contributed by atoms with Crippen LogP contribution in [-0.4, -0.2) is 39.1 Å². The molecule has 1 aromatic heterocycles. The standard InChI is InChI=1S/C21H12N4O5S/c26-16(10-24-19(27)13-6-3-7-14(25(29)30)17(13)20(24)28)22-21-23-18-12-5-2-1-4-11(12)8-9-15(18)31-21/h1-9H,10H2,(H,22,23,26). The van der Waals surface area contributed by atoms with Gasteiger partial charge >= 0.3 is 0 Å². The Morgan fingerprint density at radius 1 is 1.06 bits per heavy atom. The number of nitrogens with one attached hydrogen (secondary N) is 1. The molecule has 31 heavy (non-hydrogen) atoms. The molecular weight excluding hydrogens is 420 g/mol. The summed E-state index contributed by atoms with van der Waals surface area (Å²) >= 11 is 1.27. The highest BCUT2D eigenvalue weighted by Crippen LogP contribution is 2.33. The maximum atomic E-state index is 12.6. The Morgan fingerprint density at radius 2 is 1.87 bits per heavy atom. The summed E-state index contributed by atoms with van der Waals surface area (Å²) in [5.74, 6) is -2.23. The molecular formula is C21H12N4O5S. The lowest BCUT2D eigenvalue weighted by Crippen LogP contribution is -2.37. The molecule has 2 heterocycles. The topological polar surface area (TPSA) is 123 Å². The van der Waals surface area contributed by atoms with Crippen molar-refractivity contribution in [2.45, 2.75) is 0 Å². The number of anilines is 1. The minimum absolute atomic E-state index is 0.0848. The average Bonchev–Trinajstić information content (AvgIpc) is 3.28. The van der Waals surface area contributed by atoms with E-state index in [0.29, 0.717) is 10.0 Å². The predicted molar refractivity (Wildman–Crippen MR) is 114 cm³/mol. The van der Waals surface area contributed by atoms with Gasteiger partial charge in [0.1, 0.15) is 12.1 Å². The molecule has 0 radical (unpaired) electrons. The van der Waals surface area contributed by atoms with Gasteiger partial charge in [0.15, 0.2) is 5.13 Å². The first-order chi connectivity index (χ1) is 14.9. The van der Waals surface area contributed by atoms with Gasteiger partial charge in [-0.2, -0.15) is 0 Å². The van der Waals surface area contributed by atoms with Crippen LogP contribution in [0.15, 0.2) is 54.6 Å². The van der Waals surface area contributed by atoms with Gasteiger partial charge in [-0.25, -0.2) is 4.98 Å². The average molecular weight is 432 g/mol. The van der Waals surface area contributed by atoms with Crippen molar-refractivity contribution in [1.29, 1.82) is 0 Å². The molecule has 5 rings (SSSR count). The maximum absolute atomic E-state index is 12.6. The fourth-order valence-electron chi connectivity index (χ4n) is 3.63. The molecule has 0 aliphatic carbocycles. The Kier molecular flexibility index (Phi) is 4.22. The van der Waals surface area contributed by atoms with Crippen LogP contribution in [-0.2, 0) is 4.79 Å². The summed E-state index contributed by atoms with van der Waals surface area (Å²) in [7, 11) is 0.